The maximum atomic E-state index is 14.3. The van der Waals surface area contributed by atoms with E-state index in [1.54, 1.807) is 19.2 Å². The smallest absolute Gasteiger partial charge is 0.192 e. The van der Waals surface area contributed by atoms with Gasteiger partial charge in [-0.15, -0.1) is 0 Å². The van der Waals surface area contributed by atoms with Crippen LogP contribution >= 0.6 is 0 Å². The van der Waals surface area contributed by atoms with E-state index in [-0.39, 0.29) is 5.82 Å². The standard InChI is InChI=1S/C14H20FN3O2/c1-14(9-17-13(16)18(14)7-8-19-2)12-10(15)5-4-6-11(12)20-3/h4-6H,7-9H2,1-3H3,(H2,16,17). The summed E-state index contributed by atoms with van der Waals surface area (Å²) < 4.78 is 24.7. The molecular formula is C14H20FN3O2. The van der Waals surface area contributed by atoms with Gasteiger partial charge in [0.1, 0.15) is 11.6 Å². The number of nitrogens with zero attached hydrogens (tertiary/aromatic N) is 2. The van der Waals surface area contributed by atoms with Gasteiger partial charge in [-0.05, 0) is 19.1 Å². The Morgan fingerprint density at radius 3 is 2.85 bits per heavy atom. The average molecular weight is 281 g/mol. The van der Waals surface area contributed by atoms with Crippen molar-refractivity contribution in [2.75, 3.05) is 33.9 Å². The molecule has 20 heavy (non-hydrogen) atoms. The van der Waals surface area contributed by atoms with Gasteiger partial charge in [-0.1, -0.05) is 6.07 Å². The highest BCUT2D eigenvalue weighted by Crippen LogP contribution is 2.39. The lowest BCUT2D eigenvalue weighted by molar-refractivity contribution is 0.133. The molecule has 2 rings (SSSR count). The Bertz CT molecular complexity index is 521. The second-order valence-corrected chi connectivity index (χ2v) is 4.91. The first-order valence-electron chi connectivity index (χ1n) is 6.44. The molecule has 0 saturated heterocycles. The van der Waals surface area contributed by atoms with Crippen LogP contribution in [0, 0.1) is 5.82 Å². The summed E-state index contributed by atoms with van der Waals surface area (Å²) in [4.78, 5) is 6.12. The fourth-order valence-corrected chi connectivity index (χ4v) is 2.61. The summed E-state index contributed by atoms with van der Waals surface area (Å²) in [5.74, 6) is 0.578. The Kier molecular flexibility index (Phi) is 4.13. The van der Waals surface area contributed by atoms with Gasteiger partial charge >= 0.3 is 0 Å². The molecule has 6 heteroatoms. The summed E-state index contributed by atoms with van der Waals surface area (Å²) in [6.07, 6.45) is 0. The maximum Gasteiger partial charge on any atom is 0.192 e. The lowest BCUT2D eigenvalue weighted by Crippen LogP contribution is -2.49. The van der Waals surface area contributed by atoms with Crippen LogP contribution in [0.4, 0.5) is 4.39 Å². The van der Waals surface area contributed by atoms with Crippen molar-refractivity contribution in [3.63, 3.8) is 0 Å². The number of aliphatic imine (C=N–C) groups is 1. The van der Waals surface area contributed by atoms with E-state index in [9.17, 15) is 4.39 Å². The number of rotatable bonds is 5. The lowest BCUT2D eigenvalue weighted by atomic mass is 9.89. The van der Waals surface area contributed by atoms with Gasteiger partial charge < -0.3 is 20.1 Å². The van der Waals surface area contributed by atoms with Crippen molar-refractivity contribution in [2.45, 2.75) is 12.5 Å². The van der Waals surface area contributed by atoms with Crippen LogP contribution in [0.1, 0.15) is 12.5 Å². The first-order valence-corrected chi connectivity index (χ1v) is 6.44. The van der Waals surface area contributed by atoms with Gasteiger partial charge in [-0.25, -0.2) is 4.39 Å². The summed E-state index contributed by atoms with van der Waals surface area (Å²) in [5, 5.41) is 0. The first-order chi connectivity index (χ1) is 9.54. The molecule has 0 amide bonds. The van der Waals surface area contributed by atoms with Crippen molar-refractivity contribution in [1.29, 1.82) is 0 Å². The zero-order valence-corrected chi connectivity index (χ0v) is 12.0. The number of ether oxygens (including phenoxy) is 2. The van der Waals surface area contributed by atoms with Crippen molar-refractivity contribution >= 4 is 5.96 Å². The van der Waals surface area contributed by atoms with Crippen LogP contribution in [0.5, 0.6) is 5.75 Å². The second-order valence-electron chi connectivity index (χ2n) is 4.91. The highest BCUT2D eigenvalue weighted by Gasteiger charge is 2.43. The van der Waals surface area contributed by atoms with Crippen molar-refractivity contribution in [3.8, 4) is 5.75 Å². The van der Waals surface area contributed by atoms with Gasteiger partial charge in [0.25, 0.3) is 0 Å². The minimum absolute atomic E-state index is 0.320. The summed E-state index contributed by atoms with van der Waals surface area (Å²) in [7, 11) is 3.14. The fraction of sp³-hybridized carbons (Fsp3) is 0.500. The molecule has 1 aromatic carbocycles. The molecule has 1 unspecified atom stereocenters. The molecule has 110 valence electrons. The number of nitrogens with two attached hydrogens (primary N) is 1. The Morgan fingerprint density at radius 1 is 1.45 bits per heavy atom. The normalized spacial score (nSPS) is 22.0. The van der Waals surface area contributed by atoms with Gasteiger partial charge in [-0.2, -0.15) is 0 Å². The monoisotopic (exact) mass is 281 g/mol. The first kappa shape index (κ1) is 14.6. The van der Waals surface area contributed by atoms with Gasteiger partial charge in [0.05, 0.1) is 31.4 Å². The molecular weight excluding hydrogens is 261 g/mol. The molecule has 0 aromatic heterocycles. The third kappa shape index (κ3) is 2.31. The minimum Gasteiger partial charge on any atom is -0.496 e. The van der Waals surface area contributed by atoms with E-state index in [2.05, 4.69) is 4.99 Å². The van der Waals surface area contributed by atoms with Crippen LogP contribution in [-0.4, -0.2) is 44.8 Å². The summed E-state index contributed by atoms with van der Waals surface area (Å²) in [6.45, 7) is 3.33. The summed E-state index contributed by atoms with van der Waals surface area (Å²) >= 11 is 0. The highest BCUT2D eigenvalue weighted by molar-refractivity contribution is 5.81. The molecule has 1 aliphatic heterocycles. The Hall–Kier alpha value is -1.82. The molecule has 1 aliphatic rings. The van der Waals surface area contributed by atoms with E-state index in [4.69, 9.17) is 15.2 Å². The highest BCUT2D eigenvalue weighted by atomic mass is 19.1. The number of methoxy groups -OCH3 is 2. The SMILES string of the molecule is COCCN1C(N)=NCC1(C)c1c(F)cccc1OC. The molecule has 5 nitrogen and oxygen atoms in total. The van der Waals surface area contributed by atoms with E-state index in [1.807, 2.05) is 11.8 Å². The van der Waals surface area contributed by atoms with Gasteiger partial charge in [0, 0.05) is 13.7 Å². The fourth-order valence-electron chi connectivity index (χ4n) is 2.61. The third-order valence-electron chi connectivity index (χ3n) is 3.67. The molecule has 2 N–H and O–H groups in total. The number of hydrogen-bond acceptors (Lipinski definition) is 5. The van der Waals surface area contributed by atoms with E-state index >= 15 is 0 Å². The van der Waals surface area contributed by atoms with Gasteiger partial charge in [-0.3, -0.25) is 4.99 Å². The number of guanidine groups is 1. The Morgan fingerprint density at radius 2 is 2.20 bits per heavy atom. The van der Waals surface area contributed by atoms with Crippen LogP contribution in [0.15, 0.2) is 23.2 Å². The number of hydrogen-bond donors (Lipinski definition) is 1. The predicted molar refractivity (Wildman–Crippen MR) is 75.4 cm³/mol. The molecule has 0 saturated carbocycles. The van der Waals surface area contributed by atoms with Crippen LogP contribution in [0.3, 0.4) is 0 Å². The quantitative estimate of drug-likeness (QED) is 0.884. The molecule has 0 aliphatic carbocycles. The molecule has 1 atom stereocenters. The molecule has 1 aromatic rings. The van der Waals surface area contributed by atoms with Crippen molar-refractivity contribution in [3.05, 3.63) is 29.6 Å². The summed E-state index contributed by atoms with van der Waals surface area (Å²) in [5.41, 5.74) is 5.74. The molecule has 0 bridgehead atoms. The zero-order chi connectivity index (χ0) is 14.8. The molecule has 1 heterocycles. The van der Waals surface area contributed by atoms with Crippen LogP contribution in [0.25, 0.3) is 0 Å². The minimum atomic E-state index is -0.667. The third-order valence-corrected chi connectivity index (χ3v) is 3.67. The van der Waals surface area contributed by atoms with Crippen molar-refractivity contribution in [1.82, 2.24) is 4.90 Å². The van der Waals surface area contributed by atoms with Gasteiger partial charge in [0.2, 0.25) is 0 Å². The molecule has 0 radical (unpaired) electrons. The lowest BCUT2D eigenvalue weighted by Gasteiger charge is -2.37. The number of halogens is 1. The van der Waals surface area contributed by atoms with Gasteiger partial charge in [0.15, 0.2) is 5.96 Å². The largest absolute Gasteiger partial charge is 0.496 e. The van der Waals surface area contributed by atoms with E-state index in [0.717, 1.165) is 0 Å². The summed E-state index contributed by atoms with van der Waals surface area (Å²) in [6, 6.07) is 4.79. The second kappa shape index (κ2) is 5.66. The average Bonchev–Trinajstić information content (AvgIpc) is 2.72. The zero-order valence-electron chi connectivity index (χ0n) is 12.0. The van der Waals surface area contributed by atoms with Crippen LogP contribution < -0.4 is 10.5 Å². The Balaban J connectivity index is 2.44. The molecule has 0 spiro atoms. The van der Waals surface area contributed by atoms with E-state index < -0.39 is 5.54 Å². The predicted octanol–water partition coefficient (Wildman–Crippen LogP) is 1.33. The topological polar surface area (TPSA) is 60.1 Å². The van der Waals surface area contributed by atoms with Crippen LogP contribution in [0.2, 0.25) is 0 Å². The van der Waals surface area contributed by atoms with E-state index in [0.29, 0.717) is 37.0 Å². The maximum absolute atomic E-state index is 14.3. The van der Waals surface area contributed by atoms with E-state index in [1.165, 1.54) is 13.2 Å². The van der Waals surface area contributed by atoms with Crippen molar-refractivity contribution < 1.29 is 13.9 Å². The van der Waals surface area contributed by atoms with Crippen LogP contribution in [-0.2, 0) is 10.3 Å². The number of benzene rings is 1. The van der Waals surface area contributed by atoms with Crippen molar-refractivity contribution in [2.24, 2.45) is 10.7 Å². The Labute approximate surface area is 118 Å². The molecule has 0 fully saturated rings.